The summed E-state index contributed by atoms with van der Waals surface area (Å²) in [5.74, 6) is 0.724. The van der Waals surface area contributed by atoms with E-state index in [1.165, 1.54) is 5.56 Å². The fourth-order valence-electron chi connectivity index (χ4n) is 1.69. The molecule has 0 aromatic heterocycles. The van der Waals surface area contributed by atoms with Crippen molar-refractivity contribution in [2.45, 2.75) is 19.8 Å². The zero-order chi connectivity index (χ0) is 15.3. The Kier molecular flexibility index (Phi) is 8.99. The number of hydrogen-bond acceptors (Lipinski definition) is 4. The Morgan fingerprint density at radius 3 is 2.62 bits per heavy atom. The van der Waals surface area contributed by atoms with Gasteiger partial charge in [0.15, 0.2) is 6.73 Å². The van der Waals surface area contributed by atoms with Crippen LogP contribution >= 0.6 is 0 Å². The average molecular weight is 296 g/mol. The number of amides is 2. The minimum atomic E-state index is -0.315. The quantitative estimate of drug-likeness (QED) is 0.449. The minimum absolute atomic E-state index is 0.0168. The van der Waals surface area contributed by atoms with Crippen LogP contribution in [-0.4, -0.2) is 44.2 Å². The average Bonchev–Trinajstić information content (AvgIpc) is 2.49. The highest BCUT2D eigenvalue weighted by atomic mass is 16.5. The lowest BCUT2D eigenvalue weighted by Crippen LogP contribution is -2.39. The first-order chi connectivity index (χ1) is 10.3. The van der Waals surface area contributed by atoms with Crippen LogP contribution in [-0.2, 0) is 11.2 Å². The van der Waals surface area contributed by atoms with E-state index >= 15 is 0 Å². The third-order valence-corrected chi connectivity index (χ3v) is 2.70. The fraction of sp³-hybridized carbons (Fsp3) is 0.533. The molecule has 0 saturated carbocycles. The third-order valence-electron chi connectivity index (χ3n) is 2.70. The van der Waals surface area contributed by atoms with Gasteiger partial charge in [0.2, 0.25) is 0 Å². The summed E-state index contributed by atoms with van der Waals surface area (Å²) in [5, 5.41) is 13.7. The summed E-state index contributed by atoms with van der Waals surface area (Å²) >= 11 is 0. The van der Waals surface area contributed by atoms with E-state index in [4.69, 9.17) is 14.6 Å². The summed E-state index contributed by atoms with van der Waals surface area (Å²) in [6.07, 6.45) is 2.17. The van der Waals surface area contributed by atoms with Crippen LogP contribution in [0.4, 0.5) is 4.79 Å². The lowest BCUT2D eigenvalue weighted by atomic mass is 10.1. The van der Waals surface area contributed by atoms with Gasteiger partial charge in [-0.1, -0.05) is 25.5 Å². The molecule has 0 spiro atoms. The van der Waals surface area contributed by atoms with Gasteiger partial charge in [0.25, 0.3) is 0 Å². The maximum Gasteiger partial charge on any atom is 0.317 e. The zero-order valence-corrected chi connectivity index (χ0v) is 12.4. The van der Waals surface area contributed by atoms with Crippen molar-refractivity contribution in [1.29, 1.82) is 0 Å². The van der Waals surface area contributed by atoms with E-state index in [9.17, 15) is 4.79 Å². The Bertz CT molecular complexity index is 395. The zero-order valence-electron chi connectivity index (χ0n) is 12.4. The molecule has 0 aliphatic rings. The molecule has 0 fully saturated rings. The SMILES string of the molecule is CCCc1ccc(OCNC(=O)NCCOCCO)cc1. The first kappa shape index (κ1) is 17.3. The van der Waals surface area contributed by atoms with Crippen molar-refractivity contribution in [3.63, 3.8) is 0 Å². The van der Waals surface area contributed by atoms with E-state index in [2.05, 4.69) is 17.6 Å². The predicted molar refractivity (Wildman–Crippen MR) is 80.4 cm³/mol. The molecule has 6 heteroatoms. The van der Waals surface area contributed by atoms with Gasteiger partial charge in [0, 0.05) is 6.54 Å². The van der Waals surface area contributed by atoms with Crippen LogP contribution < -0.4 is 15.4 Å². The van der Waals surface area contributed by atoms with Gasteiger partial charge in [-0.3, -0.25) is 0 Å². The molecule has 0 atom stereocenters. The van der Waals surface area contributed by atoms with Gasteiger partial charge in [0.1, 0.15) is 5.75 Å². The number of hydrogen-bond donors (Lipinski definition) is 3. The van der Waals surface area contributed by atoms with E-state index in [0.717, 1.165) is 18.6 Å². The molecule has 118 valence electrons. The van der Waals surface area contributed by atoms with Crippen molar-refractivity contribution in [1.82, 2.24) is 10.6 Å². The highest BCUT2D eigenvalue weighted by molar-refractivity contribution is 5.73. The van der Waals surface area contributed by atoms with Crippen molar-refractivity contribution in [3.8, 4) is 5.75 Å². The summed E-state index contributed by atoms with van der Waals surface area (Å²) in [7, 11) is 0. The van der Waals surface area contributed by atoms with E-state index in [1.54, 1.807) is 0 Å². The van der Waals surface area contributed by atoms with Crippen LogP contribution in [0.5, 0.6) is 5.75 Å². The topological polar surface area (TPSA) is 79.8 Å². The lowest BCUT2D eigenvalue weighted by molar-refractivity contribution is 0.0945. The Balaban J connectivity index is 2.10. The third kappa shape index (κ3) is 8.16. The Labute approximate surface area is 125 Å². The minimum Gasteiger partial charge on any atom is -0.473 e. The molecule has 3 N–H and O–H groups in total. The molecular weight excluding hydrogens is 272 g/mol. The Hall–Kier alpha value is -1.79. The van der Waals surface area contributed by atoms with Gasteiger partial charge < -0.3 is 25.2 Å². The number of nitrogens with one attached hydrogen (secondary N) is 2. The maximum atomic E-state index is 11.4. The molecule has 1 rings (SSSR count). The molecule has 0 heterocycles. The van der Waals surface area contributed by atoms with Crippen LogP contribution in [0.15, 0.2) is 24.3 Å². The first-order valence-corrected chi connectivity index (χ1v) is 7.18. The molecule has 0 saturated heterocycles. The monoisotopic (exact) mass is 296 g/mol. The molecule has 2 amide bonds. The van der Waals surface area contributed by atoms with Gasteiger partial charge in [-0.15, -0.1) is 0 Å². The van der Waals surface area contributed by atoms with Crippen LogP contribution in [0, 0.1) is 0 Å². The standard InChI is InChI=1S/C15H24N2O4/c1-2-3-13-4-6-14(7-5-13)21-12-17-15(19)16-8-10-20-11-9-18/h4-7,18H,2-3,8-12H2,1H3,(H2,16,17,19). The van der Waals surface area contributed by atoms with Gasteiger partial charge in [-0.05, 0) is 24.1 Å². The van der Waals surface area contributed by atoms with Gasteiger partial charge in [-0.25, -0.2) is 4.79 Å². The molecule has 1 aromatic rings. The summed E-state index contributed by atoms with van der Waals surface area (Å²) < 4.78 is 10.4. The van der Waals surface area contributed by atoms with Crippen LogP contribution in [0.2, 0.25) is 0 Å². The number of urea groups is 1. The summed E-state index contributed by atoms with van der Waals surface area (Å²) in [5.41, 5.74) is 1.28. The largest absolute Gasteiger partial charge is 0.473 e. The molecule has 0 aliphatic heterocycles. The second-order valence-corrected chi connectivity index (χ2v) is 4.45. The molecule has 21 heavy (non-hydrogen) atoms. The van der Waals surface area contributed by atoms with Crippen LogP contribution in [0.3, 0.4) is 0 Å². The number of carbonyl (C=O) groups excluding carboxylic acids is 1. The van der Waals surface area contributed by atoms with Crippen molar-refractivity contribution < 1.29 is 19.4 Å². The van der Waals surface area contributed by atoms with Gasteiger partial charge in [0.05, 0.1) is 19.8 Å². The van der Waals surface area contributed by atoms with Crippen molar-refractivity contribution in [2.24, 2.45) is 0 Å². The summed E-state index contributed by atoms with van der Waals surface area (Å²) in [4.78, 5) is 11.4. The van der Waals surface area contributed by atoms with Gasteiger partial charge in [-0.2, -0.15) is 0 Å². The Morgan fingerprint density at radius 2 is 1.95 bits per heavy atom. The van der Waals surface area contributed by atoms with Crippen molar-refractivity contribution in [2.75, 3.05) is 33.1 Å². The second-order valence-electron chi connectivity index (χ2n) is 4.45. The van der Waals surface area contributed by atoms with E-state index in [0.29, 0.717) is 13.2 Å². The van der Waals surface area contributed by atoms with Crippen molar-refractivity contribution >= 4 is 6.03 Å². The summed E-state index contributed by atoms with van der Waals surface area (Å²) in [6.45, 7) is 3.26. The van der Waals surface area contributed by atoms with E-state index < -0.39 is 0 Å². The number of aliphatic hydroxyl groups excluding tert-OH is 1. The maximum absolute atomic E-state index is 11.4. The van der Waals surface area contributed by atoms with Crippen molar-refractivity contribution in [3.05, 3.63) is 29.8 Å². The van der Waals surface area contributed by atoms with Crippen LogP contribution in [0.1, 0.15) is 18.9 Å². The number of aryl methyl sites for hydroxylation is 1. The predicted octanol–water partition coefficient (Wildman–Crippen LogP) is 1.28. The second kappa shape index (κ2) is 10.9. The normalized spacial score (nSPS) is 10.2. The van der Waals surface area contributed by atoms with Gasteiger partial charge >= 0.3 is 6.03 Å². The molecule has 0 aliphatic carbocycles. The molecule has 0 bridgehead atoms. The number of aliphatic hydroxyl groups is 1. The Morgan fingerprint density at radius 1 is 1.19 bits per heavy atom. The lowest BCUT2D eigenvalue weighted by Gasteiger charge is -2.10. The molecular formula is C15H24N2O4. The van der Waals surface area contributed by atoms with E-state index in [1.807, 2.05) is 24.3 Å². The number of carbonyl (C=O) groups is 1. The number of ether oxygens (including phenoxy) is 2. The summed E-state index contributed by atoms with van der Waals surface area (Å²) in [6, 6.07) is 7.53. The first-order valence-electron chi connectivity index (χ1n) is 7.18. The fourth-order valence-corrected chi connectivity index (χ4v) is 1.69. The van der Waals surface area contributed by atoms with Crippen LogP contribution in [0.25, 0.3) is 0 Å². The number of rotatable bonds is 10. The molecule has 0 unspecified atom stereocenters. The molecule has 1 aromatic carbocycles. The molecule has 6 nitrogen and oxygen atoms in total. The highest BCUT2D eigenvalue weighted by Crippen LogP contribution is 2.12. The highest BCUT2D eigenvalue weighted by Gasteiger charge is 1.99. The number of benzene rings is 1. The van der Waals surface area contributed by atoms with E-state index in [-0.39, 0.29) is 26.0 Å². The smallest absolute Gasteiger partial charge is 0.317 e. The molecule has 0 radical (unpaired) electrons.